The van der Waals surface area contributed by atoms with Gasteiger partial charge in [0.15, 0.2) is 5.13 Å². The summed E-state index contributed by atoms with van der Waals surface area (Å²) in [5.41, 5.74) is 1.95. The molecule has 0 aliphatic rings. The number of nitrogens with zero attached hydrogens (tertiary/aromatic N) is 3. The van der Waals surface area contributed by atoms with Crippen molar-refractivity contribution in [3.05, 3.63) is 55.8 Å². The van der Waals surface area contributed by atoms with Crippen LogP contribution in [0, 0.1) is 17.0 Å². The molecule has 2 aromatic heterocycles. The lowest BCUT2D eigenvalue weighted by Crippen LogP contribution is -2.14. The summed E-state index contributed by atoms with van der Waals surface area (Å²) >= 11 is 2.77. The van der Waals surface area contributed by atoms with Gasteiger partial charge in [-0.05, 0) is 6.92 Å². The highest BCUT2D eigenvalue weighted by Crippen LogP contribution is 2.27. The highest BCUT2D eigenvalue weighted by Gasteiger charge is 2.12. The number of hydrogen-bond acceptors (Lipinski definition) is 7. The summed E-state index contributed by atoms with van der Waals surface area (Å²) in [5, 5.41) is 18.5. The molecule has 0 aliphatic heterocycles. The Kier molecular flexibility index (Phi) is 4.63. The zero-order chi connectivity index (χ0) is 17.1. The summed E-state index contributed by atoms with van der Waals surface area (Å²) in [6.07, 6.45) is 0.191. The molecule has 1 amide bonds. The van der Waals surface area contributed by atoms with E-state index in [4.69, 9.17) is 0 Å². The smallest absolute Gasteiger partial charge is 0.270 e. The van der Waals surface area contributed by atoms with Gasteiger partial charge in [-0.15, -0.1) is 22.7 Å². The number of nitro benzene ring substituents is 1. The van der Waals surface area contributed by atoms with E-state index in [1.54, 1.807) is 17.5 Å². The third-order valence-electron chi connectivity index (χ3n) is 3.11. The molecule has 0 unspecified atom stereocenters. The van der Waals surface area contributed by atoms with Crippen LogP contribution in [0.1, 0.15) is 10.7 Å². The van der Waals surface area contributed by atoms with Crippen LogP contribution in [0.3, 0.4) is 0 Å². The Balaban J connectivity index is 1.70. The summed E-state index contributed by atoms with van der Waals surface area (Å²) in [6, 6.07) is 6.23. The number of nitro groups is 1. The van der Waals surface area contributed by atoms with E-state index in [1.807, 2.05) is 12.3 Å². The molecule has 0 fully saturated rings. The number of aromatic nitrogens is 2. The zero-order valence-corrected chi connectivity index (χ0v) is 14.2. The molecule has 0 atom stereocenters. The fourth-order valence-corrected chi connectivity index (χ4v) is 3.41. The van der Waals surface area contributed by atoms with Crippen molar-refractivity contribution in [3.63, 3.8) is 0 Å². The number of carbonyl (C=O) groups is 1. The van der Waals surface area contributed by atoms with Crippen LogP contribution in [0.5, 0.6) is 0 Å². The highest BCUT2D eigenvalue weighted by molar-refractivity contribution is 7.14. The molecule has 0 aliphatic carbocycles. The summed E-state index contributed by atoms with van der Waals surface area (Å²) in [4.78, 5) is 31.0. The fraction of sp³-hybridized carbons (Fsp3) is 0.133. The minimum Gasteiger partial charge on any atom is -0.302 e. The lowest BCUT2D eigenvalue weighted by molar-refractivity contribution is -0.384. The summed E-state index contributed by atoms with van der Waals surface area (Å²) < 4.78 is 0. The number of hydrogen-bond donors (Lipinski definition) is 1. The number of non-ortho nitro benzene ring substituents is 1. The van der Waals surface area contributed by atoms with Crippen LogP contribution < -0.4 is 5.32 Å². The molecule has 2 heterocycles. The third-order valence-corrected chi connectivity index (χ3v) is 4.69. The van der Waals surface area contributed by atoms with Gasteiger partial charge in [-0.2, -0.15) is 0 Å². The summed E-state index contributed by atoms with van der Waals surface area (Å²) in [6.45, 7) is 1.89. The molecular formula is C15H12N4O3S2. The molecule has 1 aromatic carbocycles. The SMILES string of the molecule is Cc1nc(CC(=O)Nc2nc(-c3cccc([N+](=O)[O-])c3)cs2)cs1. The van der Waals surface area contributed by atoms with Crippen molar-refractivity contribution in [2.75, 3.05) is 5.32 Å². The van der Waals surface area contributed by atoms with Crippen LogP contribution in [0.25, 0.3) is 11.3 Å². The molecular weight excluding hydrogens is 348 g/mol. The van der Waals surface area contributed by atoms with Gasteiger partial charge < -0.3 is 5.32 Å². The summed E-state index contributed by atoms with van der Waals surface area (Å²) in [5.74, 6) is -0.194. The second-order valence-corrected chi connectivity index (χ2v) is 6.85. The van der Waals surface area contributed by atoms with Gasteiger partial charge in [-0.1, -0.05) is 12.1 Å². The molecule has 3 rings (SSSR count). The highest BCUT2D eigenvalue weighted by atomic mass is 32.1. The maximum absolute atomic E-state index is 12.0. The molecule has 0 saturated heterocycles. The van der Waals surface area contributed by atoms with Gasteiger partial charge in [0.2, 0.25) is 5.91 Å². The molecule has 0 spiro atoms. The predicted molar refractivity (Wildman–Crippen MR) is 93.4 cm³/mol. The first-order valence-corrected chi connectivity index (χ1v) is 8.68. The lowest BCUT2D eigenvalue weighted by Gasteiger charge is -1.99. The van der Waals surface area contributed by atoms with E-state index in [9.17, 15) is 14.9 Å². The number of benzene rings is 1. The normalized spacial score (nSPS) is 10.5. The van der Waals surface area contributed by atoms with E-state index in [2.05, 4.69) is 15.3 Å². The Labute approximate surface area is 145 Å². The van der Waals surface area contributed by atoms with Crippen LogP contribution in [-0.2, 0) is 11.2 Å². The number of carbonyl (C=O) groups excluding carboxylic acids is 1. The van der Waals surface area contributed by atoms with E-state index in [0.29, 0.717) is 16.4 Å². The maximum atomic E-state index is 12.0. The molecule has 122 valence electrons. The minimum atomic E-state index is -0.450. The number of amides is 1. The first-order chi connectivity index (χ1) is 11.5. The predicted octanol–water partition coefficient (Wildman–Crippen LogP) is 3.66. The average molecular weight is 360 g/mol. The molecule has 1 N–H and O–H groups in total. The second-order valence-electron chi connectivity index (χ2n) is 4.93. The van der Waals surface area contributed by atoms with E-state index < -0.39 is 4.92 Å². The van der Waals surface area contributed by atoms with Gasteiger partial charge in [0.25, 0.3) is 5.69 Å². The molecule has 0 saturated carbocycles. The first kappa shape index (κ1) is 16.2. The van der Waals surface area contributed by atoms with Gasteiger partial charge in [-0.3, -0.25) is 14.9 Å². The van der Waals surface area contributed by atoms with Crippen LogP contribution in [0.15, 0.2) is 35.0 Å². The van der Waals surface area contributed by atoms with E-state index in [0.717, 1.165) is 10.7 Å². The number of anilines is 1. The molecule has 24 heavy (non-hydrogen) atoms. The molecule has 9 heteroatoms. The van der Waals surface area contributed by atoms with Gasteiger partial charge in [0, 0.05) is 28.5 Å². The van der Waals surface area contributed by atoms with E-state index >= 15 is 0 Å². The van der Waals surface area contributed by atoms with Crippen molar-refractivity contribution in [2.45, 2.75) is 13.3 Å². The van der Waals surface area contributed by atoms with Crippen molar-refractivity contribution in [1.82, 2.24) is 9.97 Å². The Bertz CT molecular complexity index is 904. The van der Waals surface area contributed by atoms with Crippen molar-refractivity contribution >= 4 is 39.4 Å². The topological polar surface area (TPSA) is 98.0 Å². The van der Waals surface area contributed by atoms with Gasteiger partial charge in [-0.25, -0.2) is 9.97 Å². The van der Waals surface area contributed by atoms with Crippen molar-refractivity contribution in [1.29, 1.82) is 0 Å². The van der Waals surface area contributed by atoms with Gasteiger partial charge in [0.1, 0.15) is 0 Å². The Morgan fingerprint density at radius 2 is 2.12 bits per heavy atom. The van der Waals surface area contributed by atoms with Crippen LogP contribution in [0.2, 0.25) is 0 Å². The molecule has 7 nitrogen and oxygen atoms in total. The van der Waals surface area contributed by atoms with Crippen LogP contribution >= 0.6 is 22.7 Å². The Morgan fingerprint density at radius 1 is 1.29 bits per heavy atom. The third kappa shape index (κ3) is 3.81. The molecule has 0 bridgehead atoms. The van der Waals surface area contributed by atoms with E-state index in [1.165, 1.54) is 34.8 Å². The Morgan fingerprint density at radius 3 is 2.83 bits per heavy atom. The molecule has 3 aromatic rings. The van der Waals surface area contributed by atoms with Crippen molar-refractivity contribution < 1.29 is 9.72 Å². The van der Waals surface area contributed by atoms with Crippen molar-refractivity contribution in [2.24, 2.45) is 0 Å². The zero-order valence-electron chi connectivity index (χ0n) is 12.6. The largest absolute Gasteiger partial charge is 0.302 e. The second kappa shape index (κ2) is 6.85. The fourth-order valence-electron chi connectivity index (χ4n) is 2.06. The average Bonchev–Trinajstić information content (AvgIpc) is 3.16. The molecule has 0 radical (unpaired) electrons. The van der Waals surface area contributed by atoms with Crippen LogP contribution in [0.4, 0.5) is 10.8 Å². The number of aryl methyl sites for hydroxylation is 1. The van der Waals surface area contributed by atoms with Crippen LogP contribution in [-0.4, -0.2) is 20.8 Å². The number of rotatable bonds is 5. The number of nitrogens with one attached hydrogen (secondary N) is 1. The van der Waals surface area contributed by atoms with Gasteiger partial charge >= 0.3 is 0 Å². The maximum Gasteiger partial charge on any atom is 0.270 e. The number of thiazole rings is 2. The first-order valence-electron chi connectivity index (χ1n) is 6.92. The standard InChI is InChI=1S/C15H12N4O3S2/c1-9-16-11(7-23-9)6-14(20)18-15-17-13(8-24-15)10-3-2-4-12(5-10)19(21)22/h2-5,7-8H,6H2,1H3,(H,17,18,20). The summed E-state index contributed by atoms with van der Waals surface area (Å²) in [7, 11) is 0. The van der Waals surface area contributed by atoms with E-state index in [-0.39, 0.29) is 18.0 Å². The quantitative estimate of drug-likeness (QED) is 0.553. The minimum absolute atomic E-state index is 0.00462. The van der Waals surface area contributed by atoms with Crippen molar-refractivity contribution in [3.8, 4) is 11.3 Å². The monoisotopic (exact) mass is 360 g/mol. The lowest BCUT2D eigenvalue weighted by atomic mass is 10.1. The van der Waals surface area contributed by atoms with Gasteiger partial charge in [0.05, 0.1) is 27.7 Å². The Hall–Kier alpha value is -2.65.